The minimum Gasteiger partial charge on any atom is -0.429 e. The van der Waals surface area contributed by atoms with E-state index in [9.17, 15) is 43.9 Å². The van der Waals surface area contributed by atoms with Crippen molar-refractivity contribution in [1.82, 2.24) is 0 Å². The molecule has 4 rings (SSSR count). The summed E-state index contributed by atoms with van der Waals surface area (Å²) in [5.41, 5.74) is -1.31. The van der Waals surface area contributed by atoms with Crippen LogP contribution in [-0.4, -0.2) is 0 Å². The Morgan fingerprint density at radius 2 is 1.28 bits per heavy atom. The molecule has 0 saturated heterocycles. The molecule has 0 bridgehead atoms. The highest BCUT2D eigenvalue weighted by atomic mass is 19.3. The summed E-state index contributed by atoms with van der Waals surface area (Å²) in [6.45, 7) is 1.94. The van der Waals surface area contributed by atoms with Crippen molar-refractivity contribution < 1.29 is 48.6 Å². The van der Waals surface area contributed by atoms with E-state index < -0.39 is 69.5 Å². The molecule has 0 saturated carbocycles. The van der Waals surface area contributed by atoms with Crippen molar-refractivity contribution in [3.63, 3.8) is 0 Å². The highest BCUT2D eigenvalue weighted by molar-refractivity contribution is 5.65. The third-order valence-corrected chi connectivity index (χ3v) is 6.96. The van der Waals surface area contributed by atoms with Gasteiger partial charge in [0.1, 0.15) is 34.6 Å². The van der Waals surface area contributed by atoms with E-state index >= 15 is 0 Å². The van der Waals surface area contributed by atoms with Gasteiger partial charge in [-0.05, 0) is 60.6 Å². The summed E-state index contributed by atoms with van der Waals surface area (Å²) in [6, 6.07) is 10.9. The minimum absolute atomic E-state index is 0.0574. The fraction of sp³-hybridized carbons (Fsp3) is 0.200. The zero-order chi connectivity index (χ0) is 33.6. The van der Waals surface area contributed by atoms with Crippen molar-refractivity contribution in [3.8, 4) is 16.9 Å². The Balaban J connectivity index is 1.45. The van der Waals surface area contributed by atoms with Crippen LogP contribution in [0.25, 0.3) is 17.0 Å². The van der Waals surface area contributed by atoms with Crippen molar-refractivity contribution in [2.75, 3.05) is 0 Å². The fourth-order valence-electron chi connectivity index (χ4n) is 4.61. The van der Waals surface area contributed by atoms with Gasteiger partial charge >= 0.3 is 6.11 Å². The van der Waals surface area contributed by atoms with Gasteiger partial charge in [0.2, 0.25) is 0 Å². The van der Waals surface area contributed by atoms with E-state index in [0.29, 0.717) is 37.0 Å². The maximum Gasteiger partial charge on any atom is 0.432 e. The quantitative estimate of drug-likeness (QED) is 0.0841. The molecular weight excluding hydrogens is 626 g/mol. The molecule has 11 heteroatoms. The number of ether oxygens (including phenoxy) is 1. The van der Waals surface area contributed by atoms with E-state index in [4.69, 9.17) is 0 Å². The van der Waals surface area contributed by atoms with Gasteiger partial charge in [-0.3, -0.25) is 0 Å². The first kappa shape index (κ1) is 34.3. The van der Waals surface area contributed by atoms with Gasteiger partial charge in [0, 0.05) is 29.7 Å². The van der Waals surface area contributed by atoms with Gasteiger partial charge in [-0.1, -0.05) is 55.5 Å². The summed E-state index contributed by atoms with van der Waals surface area (Å²) < 4.78 is 146. The Bertz CT molecular complexity index is 1710. The van der Waals surface area contributed by atoms with Crippen LogP contribution in [0.5, 0.6) is 5.75 Å². The third kappa shape index (κ3) is 8.18. The van der Waals surface area contributed by atoms with Crippen LogP contribution in [-0.2, 0) is 19.0 Å². The molecule has 4 aromatic carbocycles. The maximum absolute atomic E-state index is 15.0. The molecule has 46 heavy (non-hydrogen) atoms. The zero-order valence-corrected chi connectivity index (χ0v) is 24.2. The predicted molar refractivity (Wildman–Crippen MR) is 154 cm³/mol. The van der Waals surface area contributed by atoms with Gasteiger partial charge in [-0.25, -0.2) is 35.1 Å². The Labute approximate surface area is 258 Å². The van der Waals surface area contributed by atoms with Crippen molar-refractivity contribution in [3.05, 3.63) is 142 Å². The first-order valence-electron chi connectivity index (χ1n) is 14.1. The Morgan fingerprint density at radius 3 is 1.87 bits per heavy atom. The van der Waals surface area contributed by atoms with E-state index in [1.54, 1.807) is 18.2 Å². The van der Waals surface area contributed by atoms with Crippen LogP contribution in [0.4, 0.5) is 43.9 Å². The van der Waals surface area contributed by atoms with Crippen LogP contribution in [0, 0.1) is 34.9 Å². The molecule has 242 valence electrons. The van der Waals surface area contributed by atoms with Crippen LogP contribution in [0.3, 0.4) is 0 Å². The van der Waals surface area contributed by atoms with Crippen molar-refractivity contribution in [2.45, 2.75) is 45.1 Å². The summed E-state index contributed by atoms with van der Waals surface area (Å²) in [7, 11) is 0. The molecule has 0 amide bonds. The highest BCUT2D eigenvalue weighted by Crippen LogP contribution is 2.38. The monoisotopic (exact) mass is 652 g/mol. The molecule has 0 aliphatic heterocycles. The molecule has 0 heterocycles. The second-order valence-corrected chi connectivity index (χ2v) is 10.3. The van der Waals surface area contributed by atoms with Crippen LogP contribution in [0.2, 0.25) is 0 Å². The van der Waals surface area contributed by atoms with Gasteiger partial charge < -0.3 is 4.74 Å². The number of aryl methyl sites for hydroxylation is 2. The molecule has 0 radical (unpaired) electrons. The number of hydrogen-bond donors (Lipinski definition) is 0. The lowest BCUT2D eigenvalue weighted by Crippen LogP contribution is -2.25. The van der Waals surface area contributed by atoms with E-state index in [1.807, 2.05) is 13.0 Å². The molecule has 0 aliphatic rings. The van der Waals surface area contributed by atoms with E-state index in [-0.39, 0.29) is 29.7 Å². The van der Waals surface area contributed by atoms with Crippen molar-refractivity contribution >= 4 is 5.83 Å². The summed E-state index contributed by atoms with van der Waals surface area (Å²) in [4.78, 5) is 0. The van der Waals surface area contributed by atoms with Crippen molar-refractivity contribution in [2.24, 2.45) is 0 Å². The topological polar surface area (TPSA) is 9.23 Å². The highest BCUT2D eigenvalue weighted by Gasteiger charge is 2.41. The van der Waals surface area contributed by atoms with Crippen molar-refractivity contribution in [1.29, 1.82) is 0 Å². The van der Waals surface area contributed by atoms with Crippen LogP contribution in [0.15, 0.2) is 84.7 Å². The Kier molecular flexibility index (Phi) is 11.0. The molecule has 0 fully saturated rings. The van der Waals surface area contributed by atoms with Crippen LogP contribution < -0.4 is 4.74 Å². The number of rotatable bonds is 12. The standard InChI is InChI=1S/C35H26F10O/c1-2-3-4-5-6-26(36)33(42)22-12-9-20(10-13-22)7-8-21-11-14-25(27(37)15-21)23-16-28(38)32(29(39)17-23)35(44,45)46-24-18-30(40)34(43)31(41)19-24/h3-4,9-19H,2,5-8H2,1H3/b4-3+,33-26+. The average Bonchev–Trinajstić information content (AvgIpc) is 3.00. The van der Waals surface area contributed by atoms with Crippen LogP contribution >= 0.6 is 0 Å². The molecule has 0 unspecified atom stereocenters. The fourth-order valence-corrected chi connectivity index (χ4v) is 4.61. The number of hydrogen-bond acceptors (Lipinski definition) is 1. The predicted octanol–water partition coefficient (Wildman–Crippen LogP) is 11.5. The van der Waals surface area contributed by atoms with Gasteiger partial charge in [0.05, 0.1) is 0 Å². The first-order chi connectivity index (χ1) is 21.8. The van der Waals surface area contributed by atoms with E-state index in [2.05, 4.69) is 4.74 Å². The lowest BCUT2D eigenvalue weighted by Gasteiger charge is -2.20. The first-order valence-corrected chi connectivity index (χ1v) is 14.1. The lowest BCUT2D eigenvalue weighted by atomic mass is 9.98. The van der Waals surface area contributed by atoms with Crippen LogP contribution in [0.1, 0.15) is 48.4 Å². The molecule has 4 aromatic rings. The van der Waals surface area contributed by atoms with Gasteiger partial charge in [-0.15, -0.1) is 0 Å². The molecule has 1 nitrogen and oxygen atoms in total. The molecule has 0 spiro atoms. The summed E-state index contributed by atoms with van der Waals surface area (Å²) in [5.74, 6) is -13.3. The molecular formula is C35H26F10O. The molecule has 0 atom stereocenters. The average molecular weight is 653 g/mol. The summed E-state index contributed by atoms with van der Waals surface area (Å²) in [6.07, 6.45) is 0.693. The summed E-state index contributed by atoms with van der Waals surface area (Å²) >= 11 is 0. The second-order valence-electron chi connectivity index (χ2n) is 10.3. The summed E-state index contributed by atoms with van der Waals surface area (Å²) in [5, 5.41) is 0. The second kappa shape index (κ2) is 14.7. The maximum atomic E-state index is 15.0. The largest absolute Gasteiger partial charge is 0.432 e. The SMILES string of the molecule is CC/C=C/CC/C(F)=C(\F)c1ccc(CCc2ccc(-c3cc(F)c(C(F)(F)Oc4cc(F)c(F)c(F)c4)c(F)c3)c(F)c2)cc1. The lowest BCUT2D eigenvalue weighted by molar-refractivity contribution is -0.189. The smallest absolute Gasteiger partial charge is 0.429 e. The number of halogens is 10. The van der Waals surface area contributed by atoms with Gasteiger partial charge in [0.25, 0.3) is 0 Å². The minimum atomic E-state index is -4.79. The third-order valence-electron chi connectivity index (χ3n) is 6.96. The number of benzene rings is 4. The van der Waals surface area contributed by atoms with E-state index in [0.717, 1.165) is 18.1 Å². The van der Waals surface area contributed by atoms with Gasteiger partial charge in [-0.2, -0.15) is 8.78 Å². The Morgan fingerprint density at radius 1 is 0.696 bits per heavy atom. The van der Waals surface area contributed by atoms with Gasteiger partial charge in [0.15, 0.2) is 23.3 Å². The normalized spacial score (nSPS) is 12.5. The molecule has 0 aromatic heterocycles. The Hall–Kier alpha value is -4.54. The number of alkyl halides is 2. The zero-order valence-electron chi connectivity index (χ0n) is 24.2. The number of allylic oxidation sites excluding steroid dienone is 3. The molecule has 0 N–H and O–H groups in total. The molecule has 0 aliphatic carbocycles. The van der Waals surface area contributed by atoms with E-state index in [1.165, 1.54) is 24.3 Å².